The molecule has 0 aliphatic heterocycles. The van der Waals surface area contributed by atoms with Crippen LogP contribution in [-0.4, -0.2) is 18.5 Å². The summed E-state index contributed by atoms with van der Waals surface area (Å²) in [4.78, 5) is 11.3. The normalized spacial score (nSPS) is 10.9. The topological polar surface area (TPSA) is 41.1 Å². The van der Waals surface area contributed by atoms with Crippen molar-refractivity contribution in [1.29, 1.82) is 0 Å². The Labute approximate surface area is 105 Å². The maximum absolute atomic E-state index is 13.2. The Kier molecular flexibility index (Phi) is 4.82. The van der Waals surface area contributed by atoms with Crippen molar-refractivity contribution in [1.82, 2.24) is 5.32 Å². The molecule has 0 radical (unpaired) electrons. The van der Waals surface area contributed by atoms with Gasteiger partial charge >= 0.3 is 0 Å². The zero-order valence-corrected chi connectivity index (χ0v) is 10.1. The Balaban J connectivity index is 2.99. The van der Waals surface area contributed by atoms with E-state index in [1.54, 1.807) is 19.2 Å². The summed E-state index contributed by atoms with van der Waals surface area (Å²) in [7, 11) is 0. The van der Waals surface area contributed by atoms with E-state index in [1.807, 2.05) is 0 Å². The molecule has 0 heterocycles. The summed E-state index contributed by atoms with van der Waals surface area (Å²) >= 11 is 0. The molecule has 0 aliphatic rings. The highest BCUT2D eigenvalue weighted by atomic mass is 19.2. The number of amides is 1. The smallest absolute Gasteiger partial charge is 0.238 e. The Morgan fingerprint density at radius 2 is 1.37 bits per heavy atom. The van der Waals surface area contributed by atoms with Crippen LogP contribution in [0.5, 0.6) is 0 Å². The number of benzene rings is 1. The molecule has 0 aliphatic carbocycles. The summed E-state index contributed by atoms with van der Waals surface area (Å²) < 4.78 is 64.8. The van der Waals surface area contributed by atoms with E-state index < -0.39 is 40.7 Å². The van der Waals surface area contributed by atoms with Gasteiger partial charge in [-0.15, -0.1) is 0 Å². The predicted molar refractivity (Wildman–Crippen MR) is 58.0 cm³/mol. The van der Waals surface area contributed by atoms with E-state index in [2.05, 4.69) is 5.32 Å². The van der Waals surface area contributed by atoms with E-state index >= 15 is 0 Å². The van der Waals surface area contributed by atoms with Gasteiger partial charge in [0.2, 0.25) is 11.7 Å². The van der Waals surface area contributed by atoms with Crippen molar-refractivity contribution >= 4 is 11.6 Å². The van der Waals surface area contributed by atoms with Crippen molar-refractivity contribution in [3.05, 3.63) is 29.1 Å². The van der Waals surface area contributed by atoms with Gasteiger partial charge in [-0.25, -0.2) is 22.0 Å². The number of carbonyl (C=O) groups is 1. The molecule has 106 valence electrons. The number of hydrogen-bond donors (Lipinski definition) is 2. The Bertz CT molecular complexity index is 475. The SMILES string of the molecule is CC(C)NCC(=O)Nc1c(F)c(F)c(F)c(F)c1F. The van der Waals surface area contributed by atoms with E-state index in [9.17, 15) is 26.7 Å². The zero-order chi connectivity index (χ0) is 14.7. The van der Waals surface area contributed by atoms with E-state index in [1.165, 1.54) is 0 Å². The highest BCUT2D eigenvalue weighted by Crippen LogP contribution is 2.26. The van der Waals surface area contributed by atoms with Crippen molar-refractivity contribution in [3.63, 3.8) is 0 Å². The summed E-state index contributed by atoms with van der Waals surface area (Å²) in [5, 5.41) is 4.27. The van der Waals surface area contributed by atoms with Crippen LogP contribution in [0.25, 0.3) is 0 Å². The molecule has 8 heteroatoms. The fraction of sp³-hybridized carbons (Fsp3) is 0.364. The van der Waals surface area contributed by atoms with Gasteiger partial charge < -0.3 is 10.6 Å². The van der Waals surface area contributed by atoms with Crippen molar-refractivity contribution in [3.8, 4) is 0 Å². The van der Waals surface area contributed by atoms with Gasteiger partial charge in [0.1, 0.15) is 5.69 Å². The third-order valence-electron chi connectivity index (χ3n) is 2.15. The Hall–Kier alpha value is -1.70. The average Bonchev–Trinajstić information content (AvgIpc) is 2.36. The number of hydrogen-bond acceptors (Lipinski definition) is 2. The lowest BCUT2D eigenvalue weighted by Gasteiger charge is -2.11. The summed E-state index contributed by atoms with van der Waals surface area (Å²) in [5.41, 5.74) is -1.35. The second-order valence-corrected chi connectivity index (χ2v) is 4.03. The van der Waals surface area contributed by atoms with Crippen LogP contribution in [0.3, 0.4) is 0 Å². The molecule has 0 saturated carbocycles. The van der Waals surface area contributed by atoms with Crippen molar-refractivity contribution < 1.29 is 26.7 Å². The molecule has 1 aromatic carbocycles. The highest BCUT2D eigenvalue weighted by molar-refractivity contribution is 5.92. The fourth-order valence-electron chi connectivity index (χ4n) is 1.20. The molecule has 1 aromatic rings. The summed E-state index contributed by atoms with van der Waals surface area (Å²) in [5.74, 6) is -11.6. The molecule has 0 spiro atoms. The van der Waals surface area contributed by atoms with Crippen molar-refractivity contribution in [2.45, 2.75) is 19.9 Å². The molecule has 0 saturated heterocycles. The van der Waals surface area contributed by atoms with Crippen LogP contribution in [0.15, 0.2) is 0 Å². The summed E-state index contributed by atoms with van der Waals surface area (Å²) in [6.45, 7) is 3.11. The van der Waals surface area contributed by atoms with Crippen LogP contribution in [0.4, 0.5) is 27.6 Å². The molecular weight excluding hydrogens is 271 g/mol. The van der Waals surface area contributed by atoms with Gasteiger partial charge in [-0.2, -0.15) is 0 Å². The molecule has 0 atom stereocenters. The van der Waals surface area contributed by atoms with Gasteiger partial charge in [0, 0.05) is 6.04 Å². The minimum absolute atomic E-state index is 0.0814. The largest absolute Gasteiger partial charge is 0.320 e. The van der Waals surface area contributed by atoms with E-state index in [0.29, 0.717) is 0 Å². The molecule has 3 nitrogen and oxygen atoms in total. The zero-order valence-electron chi connectivity index (χ0n) is 10.1. The Morgan fingerprint density at radius 3 is 1.79 bits per heavy atom. The first-order chi connectivity index (χ1) is 8.75. The Morgan fingerprint density at radius 1 is 0.947 bits per heavy atom. The number of halogens is 5. The minimum atomic E-state index is -2.27. The molecule has 1 rings (SSSR count). The van der Waals surface area contributed by atoms with Gasteiger partial charge in [0.15, 0.2) is 23.3 Å². The average molecular weight is 282 g/mol. The van der Waals surface area contributed by atoms with E-state index in [-0.39, 0.29) is 12.6 Å². The third kappa shape index (κ3) is 3.40. The summed E-state index contributed by atoms with van der Waals surface area (Å²) in [6.07, 6.45) is 0. The van der Waals surface area contributed by atoms with Gasteiger partial charge in [-0.05, 0) is 0 Å². The maximum Gasteiger partial charge on any atom is 0.238 e. The van der Waals surface area contributed by atoms with E-state index in [0.717, 1.165) is 0 Å². The third-order valence-corrected chi connectivity index (χ3v) is 2.15. The molecule has 0 aromatic heterocycles. The second kappa shape index (κ2) is 5.96. The van der Waals surface area contributed by atoms with Crippen molar-refractivity contribution in [2.75, 3.05) is 11.9 Å². The van der Waals surface area contributed by atoms with Crippen LogP contribution in [0, 0.1) is 29.1 Å². The van der Waals surface area contributed by atoms with Crippen LogP contribution in [0.2, 0.25) is 0 Å². The maximum atomic E-state index is 13.2. The predicted octanol–water partition coefficient (Wildman–Crippen LogP) is 2.32. The molecule has 2 N–H and O–H groups in total. The lowest BCUT2D eigenvalue weighted by atomic mass is 10.2. The molecule has 19 heavy (non-hydrogen) atoms. The standard InChI is InChI=1S/C11H11F5N2O/c1-4(2)17-3-5(19)18-11-9(15)7(13)6(12)8(14)10(11)16/h4,17H,3H2,1-2H3,(H,18,19). The van der Waals surface area contributed by atoms with Gasteiger partial charge in [0.25, 0.3) is 0 Å². The van der Waals surface area contributed by atoms with Crippen molar-refractivity contribution in [2.24, 2.45) is 0 Å². The van der Waals surface area contributed by atoms with Gasteiger partial charge in [-0.3, -0.25) is 4.79 Å². The monoisotopic (exact) mass is 282 g/mol. The van der Waals surface area contributed by atoms with Crippen LogP contribution in [0.1, 0.15) is 13.8 Å². The van der Waals surface area contributed by atoms with E-state index in [4.69, 9.17) is 0 Å². The fourth-order valence-corrected chi connectivity index (χ4v) is 1.20. The molecule has 0 fully saturated rings. The number of rotatable bonds is 4. The van der Waals surface area contributed by atoms with Crippen LogP contribution >= 0.6 is 0 Å². The lowest BCUT2D eigenvalue weighted by Crippen LogP contribution is -2.33. The quantitative estimate of drug-likeness (QED) is 0.505. The molecule has 0 unspecified atom stereocenters. The van der Waals surface area contributed by atoms with Crippen LogP contribution in [-0.2, 0) is 4.79 Å². The number of anilines is 1. The number of carbonyl (C=O) groups excluding carboxylic acids is 1. The van der Waals surface area contributed by atoms with Gasteiger partial charge in [-0.1, -0.05) is 13.8 Å². The first-order valence-corrected chi connectivity index (χ1v) is 5.30. The molecule has 1 amide bonds. The van der Waals surface area contributed by atoms with Gasteiger partial charge in [0.05, 0.1) is 6.54 Å². The summed E-state index contributed by atoms with van der Waals surface area (Å²) in [6, 6.07) is -0.0814. The molecular formula is C11H11F5N2O. The minimum Gasteiger partial charge on any atom is -0.320 e. The lowest BCUT2D eigenvalue weighted by molar-refractivity contribution is -0.115. The van der Waals surface area contributed by atoms with Crippen LogP contribution < -0.4 is 10.6 Å². The second-order valence-electron chi connectivity index (χ2n) is 4.03. The highest BCUT2D eigenvalue weighted by Gasteiger charge is 2.26. The first-order valence-electron chi connectivity index (χ1n) is 5.30. The molecule has 0 bridgehead atoms. The number of nitrogens with one attached hydrogen (secondary N) is 2. The first kappa shape index (κ1) is 15.4.